The number of likely N-dealkylation sites (tertiary alicyclic amines) is 1. The van der Waals surface area contributed by atoms with Crippen molar-refractivity contribution in [2.24, 2.45) is 0 Å². The molecule has 0 bridgehead atoms. The number of benzene rings is 1. The fourth-order valence-corrected chi connectivity index (χ4v) is 3.21. The predicted molar refractivity (Wildman–Crippen MR) is 81.4 cm³/mol. The second kappa shape index (κ2) is 5.27. The molecule has 0 spiro atoms. The highest BCUT2D eigenvalue weighted by Crippen LogP contribution is 2.30. The van der Waals surface area contributed by atoms with E-state index in [1.807, 2.05) is 29.7 Å². The van der Waals surface area contributed by atoms with Gasteiger partial charge in [0.1, 0.15) is 0 Å². The minimum absolute atomic E-state index is 0.0506. The fraction of sp³-hybridized carbons (Fsp3) is 0.467. The number of carbonyl (C=O) groups is 1. The fourth-order valence-electron chi connectivity index (χ4n) is 3.21. The van der Waals surface area contributed by atoms with Crippen molar-refractivity contribution in [3.63, 3.8) is 0 Å². The Morgan fingerprint density at radius 3 is 3.00 bits per heavy atom. The molecule has 112 valence electrons. The molecular weight excluding hydrogens is 268 g/mol. The van der Waals surface area contributed by atoms with Gasteiger partial charge in [-0.1, -0.05) is 12.1 Å². The maximum atomic E-state index is 11.3. The third kappa shape index (κ3) is 2.41. The highest BCUT2D eigenvalue weighted by molar-refractivity contribution is 5.81. The van der Waals surface area contributed by atoms with Gasteiger partial charge in [0.2, 0.25) is 5.95 Å². The Labute approximate surface area is 123 Å². The topological polar surface area (TPSA) is 84.4 Å². The molecule has 1 unspecified atom stereocenters. The quantitative estimate of drug-likeness (QED) is 0.844. The van der Waals surface area contributed by atoms with E-state index in [2.05, 4.69) is 4.98 Å². The Kier molecular flexibility index (Phi) is 3.45. The summed E-state index contributed by atoms with van der Waals surface area (Å²) in [7, 11) is 0. The zero-order chi connectivity index (χ0) is 15.0. The summed E-state index contributed by atoms with van der Waals surface area (Å²) in [5, 5.41) is 9.29. The molecule has 3 N–H and O–H groups in total. The van der Waals surface area contributed by atoms with Gasteiger partial charge in [-0.25, -0.2) is 9.78 Å². The van der Waals surface area contributed by atoms with E-state index in [1.54, 1.807) is 0 Å². The zero-order valence-corrected chi connectivity index (χ0v) is 12.1. The molecule has 1 atom stereocenters. The summed E-state index contributed by atoms with van der Waals surface area (Å²) in [6.07, 6.45) is 1.96. The molecule has 0 saturated carbocycles. The average molecular weight is 288 g/mol. The van der Waals surface area contributed by atoms with E-state index in [0.29, 0.717) is 19.0 Å². The van der Waals surface area contributed by atoms with Crippen molar-refractivity contribution >= 4 is 23.1 Å². The molecule has 1 aliphatic rings. The van der Waals surface area contributed by atoms with Crippen LogP contribution in [-0.2, 0) is 0 Å². The predicted octanol–water partition coefficient (Wildman–Crippen LogP) is 2.63. The van der Waals surface area contributed by atoms with Crippen molar-refractivity contribution in [1.82, 2.24) is 14.5 Å². The van der Waals surface area contributed by atoms with Gasteiger partial charge < -0.3 is 20.3 Å². The lowest BCUT2D eigenvalue weighted by molar-refractivity contribution is 0.141. The Bertz CT molecular complexity index is 680. The molecule has 1 aromatic heterocycles. The number of imidazole rings is 1. The van der Waals surface area contributed by atoms with E-state index in [9.17, 15) is 9.90 Å². The number of nitrogens with two attached hydrogens (primary N) is 1. The summed E-state index contributed by atoms with van der Waals surface area (Å²) >= 11 is 0. The minimum Gasteiger partial charge on any atom is -0.465 e. The maximum absolute atomic E-state index is 11.3. The first kappa shape index (κ1) is 13.7. The van der Waals surface area contributed by atoms with E-state index in [0.717, 1.165) is 35.9 Å². The average Bonchev–Trinajstić information content (AvgIpc) is 2.62. The van der Waals surface area contributed by atoms with E-state index >= 15 is 0 Å². The smallest absolute Gasteiger partial charge is 0.407 e. The summed E-state index contributed by atoms with van der Waals surface area (Å²) < 4.78 is 2.02. The number of fused-ring (bicyclic) bond motifs is 1. The summed E-state index contributed by atoms with van der Waals surface area (Å²) in [5.41, 5.74) is 9.12. The molecule has 0 aliphatic carbocycles. The van der Waals surface area contributed by atoms with Crippen molar-refractivity contribution in [2.45, 2.75) is 32.2 Å². The van der Waals surface area contributed by atoms with Crippen LogP contribution in [-0.4, -0.2) is 38.7 Å². The van der Waals surface area contributed by atoms with Crippen LogP contribution >= 0.6 is 0 Å². The third-order valence-electron chi connectivity index (χ3n) is 4.22. The molecule has 1 fully saturated rings. The number of hydrogen-bond donors (Lipinski definition) is 2. The van der Waals surface area contributed by atoms with Gasteiger partial charge in [-0.15, -0.1) is 0 Å². The lowest BCUT2D eigenvalue weighted by atomic mass is 10.1. The van der Waals surface area contributed by atoms with Crippen LogP contribution in [0, 0.1) is 6.92 Å². The SMILES string of the molecule is Cc1cccc2nc(N)n(C3CCCCN(C(=O)O)C3)c12. The third-order valence-corrected chi connectivity index (χ3v) is 4.22. The van der Waals surface area contributed by atoms with Crippen LogP contribution in [0.25, 0.3) is 11.0 Å². The first-order valence-electron chi connectivity index (χ1n) is 7.29. The molecule has 1 amide bonds. The lowest BCUT2D eigenvalue weighted by Gasteiger charge is -2.24. The summed E-state index contributed by atoms with van der Waals surface area (Å²) in [4.78, 5) is 17.2. The monoisotopic (exact) mass is 288 g/mol. The van der Waals surface area contributed by atoms with Crippen LogP contribution < -0.4 is 5.73 Å². The lowest BCUT2D eigenvalue weighted by Crippen LogP contribution is -2.34. The van der Waals surface area contributed by atoms with E-state index in [-0.39, 0.29) is 6.04 Å². The second-order valence-corrected chi connectivity index (χ2v) is 5.66. The number of carboxylic acid groups (broad SMARTS) is 1. The first-order chi connectivity index (χ1) is 10.1. The highest BCUT2D eigenvalue weighted by atomic mass is 16.4. The van der Waals surface area contributed by atoms with Crippen molar-refractivity contribution in [3.8, 4) is 0 Å². The van der Waals surface area contributed by atoms with Crippen LogP contribution in [0.2, 0.25) is 0 Å². The number of nitrogens with zero attached hydrogens (tertiary/aromatic N) is 3. The Morgan fingerprint density at radius 2 is 2.24 bits per heavy atom. The van der Waals surface area contributed by atoms with Gasteiger partial charge >= 0.3 is 6.09 Å². The van der Waals surface area contributed by atoms with Crippen LogP contribution in [0.15, 0.2) is 18.2 Å². The van der Waals surface area contributed by atoms with Gasteiger partial charge in [0, 0.05) is 13.1 Å². The van der Waals surface area contributed by atoms with Gasteiger partial charge in [-0.2, -0.15) is 0 Å². The van der Waals surface area contributed by atoms with E-state index in [4.69, 9.17) is 5.73 Å². The molecule has 0 radical (unpaired) electrons. The summed E-state index contributed by atoms with van der Waals surface area (Å²) in [5.74, 6) is 0.469. The van der Waals surface area contributed by atoms with Crippen molar-refractivity contribution in [2.75, 3.05) is 18.8 Å². The molecule has 2 aromatic rings. The standard InChI is InChI=1S/C15H20N4O2/c1-10-5-4-7-12-13(10)19(14(16)17-12)11-6-2-3-8-18(9-11)15(20)21/h4-5,7,11H,2-3,6,8-9H2,1H3,(H2,16,17)(H,20,21). The molecule has 6 heteroatoms. The molecule has 2 heterocycles. The number of para-hydroxylation sites is 1. The number of aromatic nitrogens is 2. The van der Waals surface area contributed by atoms with Gasteiger partial charge in [0.05, 0.1) is 17.1 Å². The minimum atomic E-state index is -0.860. The molecule has 1 aromatic carbocycles. The summed E-state index contributed by atoms with van der Waals surface area (Å²) in [6, 6.07) is 5.99. The Balaban J connectivity index is 2.06. The normalized spacial score (nSPS) is 19.7. The van der Waals surface area contributed by atoms with Crippen molar-refractivity contribution in [3.05, 3.63) is 23.8 Å². The number of nitrogen functional groups attached to an aromatic ring is 1. The van der Waals surface area contributed by atoms with Gasteiger partial charge in [-0.3, -0.25) is 0 Å². The number of aryl methyl sites for hydroxylation is 1. The molecular formula is C15H20N4O2. The molecule has 1 aliphatic heterocycles. The molecule has 21 heavy (non-hydrogen) atoms. The number of amides is 1. The Morgan fingerprint density at radius 1 is 1.43 bits per heavy atom. The van der Waals surface area contributed by atoms with Crippen LogP contribution in [0.3, 0.4) is 0 Å². The number of anilines is 1. The van der Waals surface area contributed by atoms with E-state index < -0.39 is 6.09 Å². The molecule has 1 saturated heterocycles. The number of rotatable bonds is 1. The van der Waals surface area contributed by atoms with Crippen LogP contribution in [0.1, 0.15) is 30.9 Å². The first-order valence-corrected chi connectivity index (χ1v) is 7.29. The largest absolute Gasteiger partial charge is 0.465 e. The Hall–Kier alpha value is -2.24. The van der Waals surface area contributed by atoms with E-state index in [1.165, 1.54) is 4.90 Å². The van der Waals surface area contributed by atoms with Crippen molar-refractivity contribution in [1.29, 1.82) is 0 Å². The maximum Gasteiger partial charge on any atom is 0.407 e. The van der Waals surface area contributed by atoms with Gasteiger partial charge in [-0.05, 0) is 37.8 Å². The zero-order valence-electron chi connectivity index (χ0n) is 12.1. The molecule has 3 rings (SSSR count). The molecule has 6 nitrogen and oxygen atoms in total. The van der Waals surface area contributed by atoms with Crippen LogP contribution in [0.5, 0.6) is 0 Å². The van der Waals surface area contributed by atoms with Crippen molar-refractivity contribution < 1.29 is 9.90 Å². The number of hydrogen-bond acceptors (Lipinski definition) is 3. The van der Waals surface area contributed by atoms with Gasteiger partial charge in [0.25, 0.3) is 0 Å². The second-order valence-electron chi connectivity index (χ2n) is 5.66. The highest BCUT2D eigenvalue weighted by Gasteiger charge is 2.25. The summed E-state index contributed by atoms with van der Waals surface area (Å²) in [6.45, 7) is 3.10. The van der Waals surface area contributed by atoms with Gasteiger partial charge in [0.15, 0.2) is 0 Å². The van der Waals surface area contributed by atoms with Crippen LogP contribution in [0.4, 0.5) is 10.7 Å².